The normalized spacial score (nSPS) is 10.1. The maximum Gasteiger partial charge on any atom is 0.256 e. The van der Waals surface area contributed by atoms with Crippen molar-refractivity contribution in [1.82, 2.24) is 0 Å². The lowest BCUT2D eigenvalue weighted by Crippen LogP contribution is -2.13. The number of hydrogen-bond acceptors (Lipinski definition) is 2. The van der Waals surface area contributed by atoms with E-state index < -0.39 is 0 Å². The summed E-state index contributed by atoms with van der Waals surface area (Å²) in [6.07, 6.45) is 0. The second kappa shape index (κ2) is 5.89. The number of carbonyl (C=O) groups excluding carboxylic acids is 1. The molecule has 0 fully saturated rings. The molecule has 2 aromatic carbocycles. The van der Waals surface area contributed by atoms with Gasteiger partial charge in [-0.1, -0.05) is 18.2 Å². The number of nitrogens with zero attached hydrogens (tertiary/aromatic N) is 1. The fraction of sp³-hybridized carbons (Fsp3) is 0.133. The summed E-state index contributed by atoms with van der Waals surface area (Å²) in [5.41, 5.74) is 2.45. The second-order valence-electron chi connectivity index (χ2n) is 4.38. The molecule has 3 nitrogen and oxygen atoms in total. The van der Waals surface area contributed by atoms with Crippen LogP contribution in [0.4, 0.5) is 11.4 Å². The van der Waals surface area contributed by atoms with Crippen LogP contribution < -0.4 is 10.2 Å². The van der Waals surface area contributed by atoms with E-state index in [2.05, 4.69) is 21.2 Å². The summed E-state index contributed by atoms with van der Waals surface area (Å²) < 4.78 is 0.788. The van der Waals surface area contributed by atoms with Gasteiger partial charge in [-0.25, -0.2) is 0 Å². The summed E-state index contributed by atoms with van der Waals surface area (Å²) >= 11 is 3.38. The molecule has 0 heterocycles. The van der Waals surface area contributed by atoms with Gasteiger partial charge in [-0.2, -0.15) is 0 Å². The summed E-state index contributed by atoms with van der Waals surface area (Å²) in [5, 5.41) is 2.90. The summed E-state index contributed by atoms with van der Waals surface area (Å²) in [5.74, 6) is -0.122. The third kappa shape index (κ3) is 3.35. The lowest BCUT2D eigenvalue weighted by atomic mass is 10.2. The smallest absolute Gasteiger partial charge is 0.256 e. The SMILES string of the molecule is CN(C)c1cccc(NC(=O)c2ccccc2Br)c1. The van der Waals surface area contributed by atoms with E-state index in [1.807, 2.05) is 61.5 Å². The summed E-state index contributed by atoms with van der Waals surface area (Å²) in [4.78, 5) is 14.2. The van der Waals surface area contributed by atoms with Crippen LogP contribution in [0.2, 0.25) is 0 Å². The molecule has 0 aliphatic carbocycles. The molecule has 2 rings (SSSR count). The van der Waals surface area contributed by atoms with Crippen molar-refractivity contribution in [2.75, 3.05) is 24.3 Å². The van der Waals surface area contributed by atoms with Crippen LogP contribution in [0, 0.1) is 0 Å². The van der Waals surface area contributed by atoms with Gasteiger partial charge in [0.1, 0.15) is 0 Å². The lowest BCUT2D eigenvalue weighted by Gasteiger charge is -2.14. The molecule has 0 spiro atoms. The van der Waals surface area contributed by atoms with Crippen molar-refractivity contribution in [3.05, 3.63) is 58.6 Å². The Labute approximate surface area is 121 Å². The zero-order valence-corrected chi connectivity index (χ0v) is 12.4. The summed E-state index contributed by atoms with van der Waals surface area (Å²) in [6.45, 7) is 0. The average molecular weight is 319 g/mol. The van der Waals surface area contributed by atoms with Gasteiger partial charge in [-0.15, -0.1) is 0 Å². The van der Waals surface area contributed by atoms with Crippen LogP contribution in [0.3, 0.4) is 0 Å². The highest BCUT2D eigenvalue weighted by molar-refractivity contribution is 9.10. The number of anilines is 2. The predicted octanol–water partition coefficient (Wildman–Crippen LogP) is 3.77. The highest BCUT2D eigenvalue weighted by Crippen LogP contribution is 2.20. The van der Waals surface area contributed by atoms with E-state index in [9.17, 15) is 4.79 Å². The molecule has 0 aliphatic rings. The van der Waals surface area contributed by atoms with Crippen LogP contribution in [0.15, 0.2) is 53.0 Å². The number of hydrogen-bond donors (Lipinski definition) is 1. The van der Waals surface area contributed by atoms with Crippen molar-refractivity contribution in [3.8, 4) is 0 Å². The Morgan fingerprint density at radius 1 is 1.11 bits per heavy atom. The van der Waals surface area contributed by atoms with Gasteiger partial charge >= 0.3 is 0 Å². The maximum absolute atomic E-state index is 12.2. The number of rotatable bonds is 3. The minimum Gasteiger partial charge on any atom is -0.378 e. The van der Waals surface area contributed by atoms with E-state index in [-0.39, 0.29) is 5.91 Å². The molecule has 1 amide bonds. The Balaban J connectivity index is 2.20. The minimum absolute atomic E-state index is 0.122. The van der Waals surface area contributed by atoms with Crippen molar-refractivity contribution in [1.29, 1.82) is 0 Å². The third-order valence-corrected chi connectivity index (χ3v) is 3.43. The molecule has 0 unspecified atom stereocenters. The second-order valence-corrected chi connectivity index (χ2v) is 5.23. The number of carbonyl (C=O) groups is 1. The zero-order chi connectivity index (χ0) is 13.8. The predicted molar refractivity (Wildman–Crippen MR) is 82.9 cm³/mol. The molecule has 0 aliphatic heterocycles. The van der Waals surface area contributed by atoms with Crippen LogP contribution >= 0.6 is 15.9 Å². The van der Waals surface area contributed by atoms with Gasteiger partial charge in [0.25, 0.3) is 5.91 Å². The lowest BCUT2D eigenvalue weighted by molar-refractivity contribution is 0.102. The number of amides is 1. The Morgan fingerprint density at radius 2 is 1.84 bits per heavy atom. The molecule has 98 valence electrons. The molecule has 0 atom stereocenters. The number of halogens is 1. The van der Waals surface area contributed by atoms with Crippen LogP contribution in [-0.2, 0) is 0 Å². The first-order valence-electron chi connectivity index (χ1n) is 5.91. The van der Waals surface area contributed by atoms with E-state index in [0.717, 1.165) is 15.8 Å². The highest BCUT2D eigenvalue weighted by Gasteiger charge is 2.09. The molecule has 0 saturated carbocycles. The van der Waals surface area contributed by atoms with Gasteiger partial charge < -0.3 is 10.2 Å². The van der Waals surface area contributed by atoms with E-state index >= 15 is 0 Å². The molecular weight excluding hydrogens is 304 g/mol. The summed E-state index contributed by atoms with van der Waals surface area (Å²) in [6, 6.07) is 15.1. The third-order valence-electron chi connectivity index (χ3n) is 2.74. The van der Waals surface area contributed by atoms with Crippen molar-refractivity contribution in [2.24, 2.45) is 0 Å². The Kier molecular flexibility index (Phi) is 4.22. The van der Waals surface area contributed by atoms with Crippen molar-refractivity contribution in [3.63, 3.8) is 0 Å². The van der Waals surface area contributed by atoms with Crippen molar-refractivity contribution >= 4 is 33.2 Å². The molecule has 4 heteroatoms. The largest absolute Gasteiger partial charge is 0.378 e. The van der Waals surface area contributed by atoms with Gasteiger partial charge in [-0.05, 0) is 46.3 Å². The average Bonchev–Trinajstić information content (AvgIpc) is 2.39. The molecule has 19 heavy (non-hydrogen) atoms. The monoisotopic (exact) mass is 318 g/mol. The minimum atomic E-state index is -0.122. The van der Waals surface area contributed by atoms with E-state index in [4.69, 9.17) is 0 Å². The van der Waals surface area contributed by atoms with Crippen LogP contribution in [0.5, 0.6) is 0 Å². The maximum atomic E-state index is 12.2. The molecule has 0 saturated heterocycles. The Hall–Kier alpha value is -1.81. The van der Waals surface area contributed by atoms with E-state index in [1.165, 1.54) is 0 Å². The van der Waals surface area contributed by atoms with Crippen LogP contribution in [0.1, 0.15) is 10.4 Å². The molecular formula is C15H15BrN2O. The van der Waals surface area contributed by atoms with Gasteiger partial charge in [-0.3, -0.25) is 4.79 Å². The van der Waals surface area contributed by atoms with Gasteiger partial charge in [0.2, 0.25) is 0 Å². The molecule has 0 bridgehead atoms. The van der Waals surface area contributed by atoms with E-state index in [0.29, 0.717) is 5.56 Å². The summed E-state index contributed by atoms with van der Waals surface area (Å²) in [7, 11) is 3.93. The molecule has 1 N–H and O–H groups in total. The van der Waals surface area contributed by atoms with Crippen LogP contribution in [0.25, 0.3) is 0 Å². The van der Waals surface area contributed by atoms with Crippen LogP contribution in [-0.4, -0.2) is 20.0 Å². The van der Waals surface area contributed by atoms with E-state index in [1.54, 1.807) is 6.07 Å². The first-order valence-corrected chi connectivity index (χ1v) is 6.70. The fourth-order valence-electron chi connectivity index (χ4n) is 1.71. The van der Waals surface area contributed by atoms with Gasteiger partial charge in [0.05, 0.1) is 5.56 Å². The Bertz CT molecular complexity index is 596. The van der Waals surface area contributed by atoms with Gasteiger partial charge in [0, 0.05) is 29.9 Å². The zero-order valence-electron chi connectivity index (χ0n) is 10.9. The Morgan fingerprint density at radius 3 is 2.53 bits per heavy atom. The fourth-order valence-corrected chi connectivity index (χ4v) is 2.17. The number of benzene rings is 2. The standard InChI is InChI=1S/C15H15BrN2O/c1-18(2)12-7-5-6-11(10-12)17-15(19)13-8-3-4-9-14(13)16/h3-10H,1-2H3,(H,17,19). The van der Waals surface area contributed by atoms with Gasteiger partial charge in [0.15, 0.2) is 0 Å². The quantitative estimate of drug-likeness (QED) is 0.934. The first-order chi connectivity index (χ1) is 9.08. The first kappa shape index (κ1) is 13.6. The van der Waals surface area contributed by atoms with Crippen molar-refractivity contribution < 1.29 is 4.79 Å². The molecule has 0 radical (unpaired) electrons. The molecule has 2 aromatic rings. The number of nitrogens with one attached hydrogen (secondary N) is 1. The molecule has 0 aromatic heterocycles. The highest BCUT2D eigenvalue weighted by atomic mass is 79.9. The topological polar surface area (TPSA) is 32.3 Å². The van der Waals surface area contributed by atoms with Crippen molar-refractivity contribution in [2.45, 2.75) is 0 Å².